The topological polar surface area (TPSA) is 32.5 Å². The molecule has 2 N–H and O–H groups in total. The highest BCUT2D eigenvalue weighted by molar-refractivity contribution is 5.51. The third kappa shape index (κ3) is 2.35. The fraction of sp³-hybridized carbons (Fsp3) is 0.571. The predicted molar refractivity (Wildman–Crippen MR) is 73.3 cm³/mol. The van der Waals surface area contributed by atoms with Gasteiger partial charge in [-0.2, -0.15) is 0 Å². The van der Waals surface area contributed by atoms with Gasteiger partial charge in [-0.25, -0.2) is 4.39 Å². The first kappa shape index (κ1) is 13.3. The number of rotatable bonds is 2. The molecule has 1 heterocycles. The molecular formula is C14H22FN3. The molecule has 0 bridgehead atoms. The molecule has 1 saturated heterocycles. The third-order valence-electron chi connectivity index (χ3n) is 3.80. The number of hydrogen-bond acceptors (Lipinski definition) is 3. The molecule has 1 aromatic rings. The van der Waals surface area contributed by atoms with E-state index in [1.165, 1.54) is 6.07 Å². The highest BCUT2D eigenvalue weighted by Crippen LogP contribution is 2.31. The fourth-order valence-electron chi connectivity index (χ4n) is 2.77. The summed E-state index contributed by atoms with van der Waals surface area (Å²) in [7, 11) is 2.08. The van der Waals surface area contributed by atoms with Crippen LogP contribution in [0.4, 0.5) is 10.1 Å². The Morgan fingerprint density at radius 1 is 1.39 bits per heavy atom. The predicted octanol–water partition coefficient (Wildman–Crippen LogP) is 1.68. The Bertz CT molecular complexity index is 419. The summed E-state index contributed by atoms with van der Waals surface area (Å²) < 4.78 is 14.0. The van der Waals surface area contributed by atoms with Crippen LogP contribution < -0.4 is 10.6 Å². The zero-order chi connectivity index (χ0) is 13.3. The van der Waals surface area contributed by atoms with Crippen molar-refractivity contribution >= 4 is 5.69 Å². The second kappa shape index (κ2) is 4.86. The molecule has 1 unspecified atom stereocenters. The molecule has 18 heavy (non-hydrogen) atoms. The Morgan fingerprint density at radius 2 is 2.06 bits per heavy atom. The quantitative estimate of drug-likeness (QED) is 0.868. The van der Waals surface area contributed by atoms with E-state index in [0.29, 0.717) is 12.2 Å². The van der Waals surface area contributed by atoms with Crippen molar-refractivity contribution < 1.29 is 4.39 Å². The van der Waals surface area contributed by atoms with Crippen LogP contribution in [0.25, 0.3) is 0 Å². The lowest BCUT2D eigenvalue weighted by Crippen LogP contribution is -2.64. The molecule has 100 valence electrons. The molecule has 3 nitrogen and oxygen atoms in total. The summed E-state index contributed by atoms with van der Waals surface area (Å²) in [6, 6.07) is 7.24. The molecule has 1 fully saturated rings. The van der Waals surface area contributed by atoms with Crippen LogP contribution in [-0.4, -0.2) is 43.2 Å². The molecule has 0 amide bonds. The van der Waals surface area contributed by atoms with Gasteiger partial charge in [0.15, 0.2) is 0 Å². The van der Waals surface area contributed by atoms with E-state index in [1.54, 1.807) is 6.07 Å². The number of nitrogens with zero attached hydrogens (tertiary/aromatic N) is 2. The van der Waals surface area contributed by atoms with Gasteiger partial charge < -0.3 is 10.6 Å². The first-order valence-electron chi connectivity index (χ1n) is 6.38. The van der Waals surface area contributed by atoms with Crippen molar-refractivity contribution in [2.24, 2.45) is 5.73 Å². The Hall–Kier alpha value is -1.13. The first-order valence-corrected chi connectivity index (χ1v) is 6.38. The van der Waals surface area contributed by atoms with Crippen molar-refractivity contribution in [2.75, 3.05) is 31.6 Å². The second-order valence-electron chi connectivity index (χ2n) is 5.68. The summed E-state index contributed by atoms with van der Waals surface area (Å²) in [6.07, 6.45) is 0. The largest absolute Gasteiger partial charge is 0.361 e. The van der Waals surface area contributed by atoms with E-state index >= 15 is 0 Å². The summed E-state index contributed by atoms with van der Waals surface area (Å²) in [5.74, 6) is -0.161. The van der Waals surface area contributed by atoms with Gasteiger partial charge in [-0.3, -0.25) is 4.90 Å². The average Bonchev–Trinajstić information content (AvgIpc) is 2.30. The number of anilines is 1. The summed E-state index contributed by atoms with van der Waals surface area (Å²) in [4.78, 5) is 4.40. The minimum atomic E-state index is -0.161. The van der Waals surface area contributed by atoms with Gasteiger partial charge in [0.05, 0.1) is 5.69 Å². The highest BCUT2D eigenvalue weighted by Gasteiger charge is 2.37. The Labute approximate surface area is 108 Å². The normalized spacial score (nSPS) is 24.3. The van der Waals surface area contributed by atoms with Crippen LogP contribution in [0.3, 0.4) is 0 Å². The number of piperazine rings is 1. The molecule has 1 aliphatic rings. The van der Waals surface area contributed by atoms with Gasteiger partial charge in [0.25, 0.3) is 0 Å². The van der Waals surface area contributed by atoms with Gasteiger partial charge >= 0.3 is 0 Å². The molecule has 0 aliphatic carbocycles. The lowest BCUT2D eigenvalue weighted by Gasteiger charge is -2.51. The molecular weight excluding hydrogens is 229 g/mol. The monoisotopic (exact) mass is 251 g/mol. The van der Waals surface area contributed by atoms with Crippen LogP contribution in [0.15, 0.2) is 24.3 Å². The van der Waals surface area contributed by atoms with E-state index < -0.39 is 0 Å². The van der Waals surface area contributed by atoms with E-state index in [1.807, 2.05) is 12.1 Å². The molecule has 1 atom stereocenters. The van der Waals surface area contributed by atoms with Crippen LogP contribution >= 0.6 is 0 Å². The molecule has 1 aliphatic heterocycles. The van der Waals surface area contributed by atoms with E-state index in [4.69, 9.17) is 5.73 Å². The molecule has 4 heteroatoms. The van der Waals surface area contributed by atoms with Gasteiger partial charge in [-0.15, -0.1) is 0 Å². The molecule has 1 aromatic carbocycles. The summed E-state index contributed by atoms with van der Waals surface area (Å²) in [6.45, 7) is 6.52. The zero-order valence-electron chi connectivity index (χ0n) is 11.4. The molecule has 0 saturated carbocycles. The zero-order valence-corrected chi connectivity index (χ0v) is 11.4. The lowest BCUT2D eigenvalue weighted by molar-refractivity contribution is 0.154. The number of benzene rings is 1. The van der Waals surface area contributed by atoms with Crippen LogP contribution in [0.5, 0.6) is 0 Å². The summed E-state index contributed by atoms with van der Waals surface area (Å²) >= 11 is 0. The highest BCUT2D eigenvalue weighted by atomic mass is 19.1. The average molecular weight is 251 g/mol. The van der Waals surface area contributed by atoms with Crippen LogP contribution in [-0.2, 0) is 0 Å². The maximum Gasteiger partial charge on any atom is 0.146 e. The number of para-hydroxylation sites is 1. The van der Waals surface area contributed by atoms with Crippen molar-refractivity contribution in [1.82, 2.24) is 4.90 Å². The Balaban J connectivity index is 2.33. The van der Waals surface area contributed by atoms with Crippen LogP contribution in [0, 0.1) is 5.82 Å². The number of nitrogens with two attached hydrogens (primary N) is 1. The van der Waals surface area contributed by atoms with Crippen molar-refractivity contribution in [3.63, 3.8) is 0 Å². The molecule has 2 rings (SSSR count). The SMILES string of the molecule is CN1CC(C)(C)N(c2ccccc2F)CC1CN. The van der Waals surface area contributed by atoms with Gasteiger partial charge in [0, 0.05) is 31.2 Å². The van der Waals surface area contributed by atoms with Gasteiger partial charge in [0.1, 0.15) is 5.82 Å². The van der Waals surface area contributed by atoms with Crippen molar-refractivity contribution in [1.29, 1.82) is 0 Å². The maximum absolute atomic E-state index is 14.0. The molecule has 0 spiro atoms. The van der Waals surface area contributed by atoms with E-state index in [-0.39, 0.29) is 17.4 Å². The lowest BCUT2D eigenvalue weighted by atomic mass is 9.95. The smallest absolute Gasteiger partial charge is 0.146 e. The minimum Gasteiger partial charge on any atom is -0.361 e. The van der Waals surface area contributed by atoms with Gasteiger partial charge in [-0.05, 0) is 33.0 Å². The van der Waals surface area contributed by atoms with Crippen molar-refractivity contribution in [3.8, 4) is 0 Å². The number of likely N-dealkylation sites (N-methyl/N-ethyl adjacent to an activating group) is 1. The van der Waals surface area contributed by atoms with E-state index in [2.05, 4.69) is 30.7 Å². The minimum absolute atomic E-state index is 0.0946. The fourth-order valence-corrected chi connectivity index (χ4v) is 2.77. The maximum atomic E-state index is 14.0. The Kier molecular flexibility index (Phi) is 3.59. The van der Waals surface area contributed by atoms with E-state index in [9.17, 15) is 4.39 Å². The van der Waals surface area contributed by atoms with Gasteiger partial charge in [-0.1, -0.05) is 12.1 Å². The summed E-state index contributed by atoms with van der Waals surface area (Å²) in [5.41, 5.74) is 6.38. The number of halogens is 1. The summed E-state index contributed by atoms with van der Waals surface area (Å²) in [5, 5.41) is 0. The molecule has 0 radical (unpaired) electrons. The second-order valence-corrected chi connectivity index (χ2v) is 5.68. The first-order chi connectivity index (χ1) is 8.45. The third-order valence-corrected chi connectivity index (χ3v) is 3.80. The number of hydrogen-bond donors (Lipinski definition) is 1. The van der Waals surface area contributed by atoms with Gasteiger partial charge in [0.2, 0.25) is 0 Å². The van der Waals surface area contributed by atoms with Crippen molar-refractivity contribution in [3.05, 3.63) is 30.1 Å². The van der Waals surface area contributed by atoms with Crippen LogP contribution in [0.1, 0.15) is 13.8 Å². The van der Waals surface area contributed by atoms with E-state index in [0.717, 1.165) is 13.1 Å². The van der Waals surface area contributed by atoms with Crippen molar-refractivity contribution in [2.45, 2.75) is 25.4 Å². The Morgan fingerprint density at radius 3 is 2.67 bits per heavy atom. The molecule has 0 aromatic heterocycles. The standard InChI is InChI=1S/C14H22FN3/c1-14(2)10-17(3)11(8-16)9-18(14)13-7-5-4-6-12(13)15/h4-7,11H,8-10,16H2,1-3H3. The van der Waals surface area contributed by atoms with Crippen LogP contribution in [0.2, 0.25) is 0 Å².